The maximum atomic E-state index is 14.7. The fourth-order valence-electron chi connectivity index (χ4n) is 3.30. The molecule has 1 saturated heterocycles. The maximum Gasteiger partial charge on any atom is 0.270 e. The minimum Gasteiger partial charge on any atom is -0.489 e. The molecule has 2 heterocycles. The number of morpholine rings is 1. The lowest BCUT2D eigenvalue weighted by atomic mass is 10.2. The molecule has 1 aromatic heterocycles. The summed E-state index contributed by atoms with van der Waals surface area (Å²) in [4.78, 5) is 18.9. The van der Waals surface area contributed by atoms with Gasteiger partial charge in [0.25, 0.3) is 5.91 Å². The molecule has 0 bridgehead atoms. The molecule has 0 saturated carbocycles. The average molecular weight is 460 g/mol. The number of ether oxygens (including phenoxy) is 2. The molecule has 0 spiro atoms. The summed E-state index contributed by atoms with van der Waals surface area (Å²) in [5.74, 6) is -0.808. The Balaban J connectivity index is 1.33. The van der Waals surface area contributed by atoms with Crippen LogP contribution in [0.5, 0.6) is 5.75 Å². The lowest BCUT2D eigenvalue weighted by molar-refractivity contribution is 0.0383. The monoisotopic (exact) mass is 459 g/mol. The van der Waals surface area contributed by atoms with Gasteiger partial charge in [0.2, 0.25) is 0 Å². The molecule has 1 fully saturated rings. The highest BCUT2D eigenvalue weighted by molar-refractivity contribution is 7.13. The van der Waals surface area contributed by atoms with Crippen molar-refractivity contribution in [2.24, 2.45) is 0 Å². The van der Waals surface area contributed by atoms with Crippen LogP contribution >= 0.6 is 11.3 Å². The molecule has 1 amide bonds. The molecule has 6 nitrogen and oxygen atoms in total. The third-order valence-electron chi connectivity index (χ3n) is 5.02. The largest absolute Gasteiger partial charge is 0.489 e. The second-order valence-corrected chi connectivity index (χ2v) is 8.17. The number of benzene rings is 2. The summed E-state index contributed by atoms with van der Waals surface area (Å²) in [5, 5.41) is 4.89. The number of rotatable bonds is 8. The number of carbonyl (C=O) groups excluding carboxylic acids is 1. The van der Waals surface area contributed by atoms with Gasteiger partial charge in [0, 0.05) is 43.2 Å². The number of nitrogens with zero attached hydrogens (tertiary/aromatic N) is 2. The molecule has 1 aliphatic heterocycles. The van der Waals surface area contributed by atoms with E-state index in [2.05, 4.69) is 15.2 Å². The second kappa shape index (κ2) is 10.6. The summed E-state index contributed by atoms with van der Waals surface area (Å²) in [6.07, 6.45) is 0. The number of thiazole rings is 1. The van der Waals surface area contributed by atoms with Crippen LogP contribution in [-0.2, 0) is 11.3 Å². The van der Waals surface area contributed by atoms with Crippen LogP contribution in [0.1, 0.15) is 16.1 Å². The van der Waals surface area contributed by atoms with Crippen LogP contribution in [0.15, 0.2) is 47.8 Å². The van der Waals surface area contributed by atoms with Crippen LogP contribution < -0.4 is 10.1 Å². The molecule has 9 heteroatoms. The molecule has 4 rings (SSSR count). The summed E-state index contributed by atoms with van der Waals surface area (Å²) < 4.78 is 38.8. The van der Waals surface area contributed by atoms with Gasteiger partial charge in [-0.2, -0.15) is 0 Å². The summed E-state index contributed by atoms with van der Waals surface area (Å²) in [7, 11) is 0. The highest BCUT2D eigenvalue weighted by atomic mass is 32.1. The van der Waals surface area contributed by atoms with Crippen molar-refractivity contribution in [1.82, 2.24) is 15.2 Å². The molecular weight excluding hydrogens is 436 g/mol. The summed E-state index contributed by atoms with van der Waals surface area (Å²) >= 11 is 1.20. The smallest absolute Gasteiger partial charge is 0.270 e. The zero-order chi connectivity index (χ0) is 22.3. The summed E-state index contributed by atoms with van der Waals surface area (Å²) in [6.45, 7) is 4.53. The Bertz CT molecular complexity index is 1070. The van der Waals surface area contributed by atoms with Gasteiger partial charge in [0.1, 0.15) is 34.7 Å². The Kier molecular flexibility index (Phi) is 7.41. The van der Waals surface area contributed by atoms with Crippen molar-refractivity contribution in [2.45, 2.75) is 6.61 Å². The Labute approximate surface area is 188 Å². The number of nitrogens with one attached hydrogen (secondary N) is 1. The minimum absolute atomic E-state index is 0.128. The van der Waals surface area contributed by atoms with E-state index < -0.39 is 5.82 Å². The zero-order valence-corrected chi connectivity index (χ0v) is 18.2. The predicted molar refractivity (Wildman–Crippen MR) is 118 cm³/mol. The lowest BCUT2D eigenvalue weighted by Gasteiger charge is -2.26. The van der Waals surface area contributed by atoms with Gasteiger partial charge in [-0.3, -0.25) is 9.69 Å². The fourth-order valence-corrected chi connectivity index (χ4v) is 4.12. The van der Waals surface area contributed by atoms with Gasteiger partial charge in [0.15, 0.2) is 0 Å². The molecule has 0 atom stereocenters. The van der Waals surface area contributed by atoms with Crippen LogP contribution in [0.2, 0.25) is 0 Å². The van der Waals surface area contributed by atoms with Crippen molar-refractivity contribution in [3.8, 4) is 16.3 Å². The van der Waals surface area contributed by atoms with Gasteiger partial charge in [-0.25, -0.2) is 13.8 Å². The van der Waals surface area contributed by atoms with Crippen molar-refractivity contribution in [1.29, 1.82) is 0 Å². The number of carbonyl (C=O) groups is 1. The van der Waals surface area contributed by atoms with Gasteiger partial charge in [-0.15, -0.1) is 11.3 Å². The quantitative estimate of drug-likeness (QED) is 0.556. The van der Waals surface area contributed by atoms with E-state index in [0.717, 1.165) is 19.6 Å². The minimum atomic E-state index is -0.504. The highest BCUT2D eigenvalue weighted by Gasteiger charge is 2.16. The van der Waals surface area contributed by atoms with E-state index in [1.165, 1.54) is 29.5 Å². The van der Waals surface area contributed by atoms with E-state index in [1.807, 2.05) is 0 Å². The first-order valence-corrected chi connectivity index (χ1v) is 11.2. The molecule has 1 N–H and O–H groups in total. The number of amides is 1. The Morgan fingerprint density at radius 1 is 1.19 bits per heavy atom. The van der Waals surface area contributed by atoms with E-state index in [0.29, 0.717) is 41.6 Å². The van der Waals surface area contributed by atoms with Gasteiger partial charge < -0.3 is 14.8 Å². The van der Waals surface area contributed by atoms with Crippen molar-refractivity contribution < 1.29 is 23.0 Å². The SMILES string of the molecule is O=C(NCCN1CCOCC1)c1csc(-c2ccc(OCc3cccc(F)c3)cc2F)n1. The number of aromatic nitrogens is 1. The fraction of sp³-hybridized carbons (Fsp3) is 0.304. The Morgan fingerprint density at radius 2 is 2.03 bits per heavy atom. The van der Waals surface area contributed by atoms with Crippen molar-refractivity contribution >= 4 is 17.2 Å². The summed E-state index contributed by atoms with van der Waals surface area (Å²) in [5.41, 5.74) is 1.21. The van der Waals surface area contributed by atoms with Gasteiger partial charge in [-0.1, -0.05) is 12.1 Å². The van der Waals surface area contributed by atoms with Crippen LogP contribution in [0.25, 0.3) is 10.6 Å². The molecule has 32 heavy (non-hydrogen) atoms. The van der Waals surface area contributed by atoms with Crippen molar-refractivity contribution in [3.63, 3.8) is 0 Å². The van der Waals surface area contributed by atoms with Gasteiger partial charge >= 0.3 is 0 Å². The third kappa shape index (κ3) is 5.87. The van der Waals surface area contributed by atoms with Crippen LogP contribution in [-0.4, -0.2) is 55.2 Å². The van der Waals surface area contributed by atoms with E-state index >= 15 is 0 Å². The normalized spacial score (nSPS) is 14.3. The van der Waals surface area contributed by atoms with Crippen LogP contribution in [0.4, 0.5) is 8.78 Å². The third-order valence-corrected chi connectivity index (χ3v) is 5.90. The molecule has 2 aromatic carbocycles. The maximum absolute atomic E-state index is 14.7. The first-order chi connectivity index (χ1) is 15.6. The number of hydrogen-bond acceptors (Lipinski definition) is 6. The van der Waals surface area contributed by atoms with E-state index in [4.69, 9.17) is 9.47 Å². The summed E-state index contributed by atoms with van der Waals surface area (Å²) in [6, 6.07) is 10.5. The van der Waals surface area contributed by atoms with Crippen molar-refractivity contribution in [3.05, 3.63) is 70.7 Å². The molecule has 0 radical (unpaired) electrons. The first-order valence-electron chi connectivity index (χ1n) is 10.3. The van der Waals surface area contributed by atoms with Crippen molar-refractivity contribution in [2.75, 3.05) is 39.4 Å². The number of halogens is 2. The topological polar surface area (TPSA) is 63.7 Å². The highest BCUT2D eigenvalue weighted by Crippen LogP contribution is 2.29. The first kappa shape index (κ1) is 22.3. The molecule has 168 valence electrons. The van der Waals surface area contributed by atoms with Gasteiger partial charge in [0.05, 0.1) is 13.2 Å². The van der Waals surface area contributed by atoms with Gasteiger partial charge in [-0.05, 0) is 29.8 Å². The Hall–Kier alpha value is -2.88. The van der Waals surface area contributed by atoms with E-state index in [9.17, 15) is 13.6 Å². The lowest BCUT2D eigenvalue weighted by Crippen LogP contribution is -2.41. The van der Waals surface area contributed by atoms with Crippen LogP contribution in [0.3, 0.4) is 0 Å². The molecule has 0 aliphatic carbocycles. The average Bonchev–Trinajstić information content (AvgIpc) is 3.29. The number of hydrogen-bond donors (Lipinski definition) is 1. The second-order valence-electron chi connectivity index (χ2n) is 7.31. The van der Waals surface area contributed by atoms with E-state index in [-0.39, 0.29) is 24.0 Å². The predicted octanol–water partition coefficient (Wildman–Crippen LogP) is 3.73. The zero-order valence-electron chi connectivity index (χ0n) is 17.4. The molecule has 3 aromatic rings. The van der Waals surface area contributed by atoms with E-state index in [1.54, 1.807) is 29.6 Å². The molecule has 0 unspecified atom stereocenters. The van der Waals surface area contributed by atoms with Crippen LogP contribution in [0, 0.1) is 11.6 Å². The molecule has 1 aliphatic rings. The Morgan fingerprint density at radius 3 is 2.81 bits per heavy atom. The standard InChI is InChI=1S/C23H23F2N3O3S/c24-17-3-1-2-16(12-17)14-31-18-4-5-19(20(25)13-18)23-27-21(15-32-23)22(29)26-6-7-28-8-10-30-11-9-28/h1-5,12-13,15H,6-11,14H2,(H,26,29). The molecular formula is C23H23F2N3O3S.